The third kappa shape index (κ3) is 5.96. The van der Waals surface area contributed by atoms with Gasteiger partial charge >= 0.3 is 0 Å². The van der Waals surface area contributed by atoms with Crippen LogP contribution in [0.15, 0.2) is 0 Å². The Balaban J connectivity index is 2.68. The van der Waals surface area contributed by atoms with Gasteiger partial charge in [-0.2, -0.15) is 0 Å². The molecule has 1 atom stereocenters. The third-order valence-electron chi connectivity index (χ3n) is 0.964. The van der Waals surface area contributed by atoms with E-state index in [1.807, 2.05) is 0 Å². The molecule has 0 amide bonds. The van der Waals surface area contributed by atoms with Gasteiger partial charge in [0.05, 0.1) is 6.10 Å². The van der Waals surface area contributed by atoms with E-state index >= 15 is 0 Å². The average molecular weight is 101 g/mol. The van der Waals surface area contributed by atoms with Gasteiger partial charge in [-0.05, 0) is 13.3 Å². The van der Waals surface area contributed by atoms with Crippen molar-refractivity contribution in [3.8, 4) is 0 Å². The summed E-state index contributed by atoms with van der Waals surface area (Å²) in [5.74, 6) is 0. The highest BCUT2D eigenvalue weighted by Crippen LogP contribution is 1.97. The summed E-state index contributed by atoms with van der Waals surface area (Å²) in [7, 11) is 0. The van der Waals surface area contributed by atoms with E-state index < -0.39 is 0 Å². The van der Waals surface area contributed by atoms with Gasteiger partial charge in [-0.3, -0.25) is 0 Å². The molecule has 0 aromatic rings. The van der Waals surface area contributed by atoms with Crippen molar-refractivity contribution in [2.45, 2.75) is 39.2 Å². The molecular weight excluding hydrogens is 88.1 g/mol. The van der Waals surface area contributed by atoms with Crippen LogP contribution in [-0.2, 0) is 5.11 Å². The summed E-state index contributed by atoms with van der Waals surface area (Å²) in [5, 5.41) is 10.3. The first-order valence-electron chi connectivity index (χ1n) is 2.93. The molecule has 0 spiro atoms. The van der Waals surface area contributed by atoms with Crippen LogP contribution in [0.4, 0.5) is 0 Å². The molecule has 0 aliphatic carbocycles. The average Bonchev–Trinajstić information content (AvgIpc) is 1.61. The number of unbranched alkanes of at least 4 members (excludes halogenated alkanes) is 1. The van der Waals surface area contributed by atoms with Crippen molar-refractivity contribution in [3.05, 3.63) is 0 Å². The summed E-state index contributed by atoms with van der Waals surface area (Å²) in [6.45, 7) is 3.82. The Labute approximate surface area is 45.4 Å². The van der Waals surface area contributed by atoms with Gasteiger partial charge in [0.25, 0.3) is 0 Å². The minimum Gasteiger partial charge on any atom is -0.233 e. The molecule has 0 saturated heterocycles. The molecule has 0 heterocycles. The van der Waals surface area contributed by atoms with Crippen molar-refractivity contribution < 1.29 is 5.11 Å². The molecule has 0 aliphatic heterocycles. The van der Waals surface area contributed by atoms with Gasteiger partial charge in [-0.1, -0.05) is 19.8 Å². The summed E-state index contributed by atoms with van der Waals surface area (Å²) >= 11 is 0. The number of rotatable bonds is 3. The Bertz CT molecular complexity index is 33.2. The van der Waals surface area contributed by atoms with Crippen LogP contribution in [0.3, 0.4) is 0 Å². The fraction of sp³-hybridized carbons (Fsp3) is 1.00. The Morgan fingerprint density at radius 1 is 1.57 bits per heavy atom. The molecule has 1 nitrogen and oxygen atoms in total. The molecule has 0 aliphatic rings. The van der Waals surface area contributed by atoms with Crippen molar-refractivity contribution >= 4 is 0 Å². The van der Waals surface area contributed by atoms with Gasteiger partial charge < -0.3 is 0 Å². The number of hydrogen-bond acceptors (Lipinski definition) is 0. The van der Waals surface area contributed by atoms with E-state index in [9.17, 15) is 5.11 Å². The lowest BCUT2D eigenvalue weighted by Gasteiger charge is -1.95. The first-order chi connectivity index (χ1) is 3.27. The molecule has 0 saturated carbocycles. The zero-order valence-corrected chi connectivity index (χ0v) is 5.11. The fourth-order valence-corrected chi connectivity index (χ4v) is 0.492. The molecule has 0 rings (SSSR count). The van der Waals surface area contributed by atoms with E-state index in [1.165, 1.54) is 0 Å². The molecule has 0 bridgehead atoms. The smallest absolute Gasteiger partial charge is 0.0902 e. The lowest BCUT2D eigenvalue weighted by molar-refractivity contribution is 0.0956. The monoisotopic (exact) mass is 101 g/mol. The van der Waals surface area contributed by atoms with Gasteiger partial charge in [-0.15, -0.1) is 0 Å². The standard InChI is InChI=1S/C6H13O/c1-3-4-5-6(2)7/h6H,3-5H2,1-2H3/t6-/m1/s1. The van der Waals surface area contributed by atoms with Crippen LogP contribution in [0, 0.1) is 0 Å². The highest BCUT2D eigenvalue weighted by atomic mass is 16.3. The van der Waals surface area contributed by atoms with Crippen molar-refractivity contribution in [2.75, 3.05) is 0 Å². The maximum Gasteiger partial charge on any atom is 0.0902 e. The van der Waals surface area contributed by atoms with Crippen LogP contribution in [0.5, 0.6) is 0 Å². The summed E-state index contributed by atoms with van der Waals surface area (Å²) in [4.78, 5) is 0. The zero-order chi connectivity index (χ0) is 5.70. The highest BCUT2D eigenvalue weighted by Gasteiger charge is 1.92. The molecule has 7 heavy (non-hydrogen) atoms. The normalized spacial score (nSPS) is 14.1. The predicted octanol–water partition coefficient (Wildman–Crippen LogP) is 2.00. The van der Waals surface area contributed by atoms with Crippen LogP contribution in [0.2, 0.25) is 0 Å². The number of hydrogen-bond donors (Lipinski definition) is 0. The second kappa shape index (κ2) is 4.13. The quantitative estimate of drug-likeness (QED) is 0.518. The fourth-order valence-electron chi connectivity index (χ4n) is 0.492. The van der Waals surface area contributed by atoms with Crippen LogP contribution >= 0.6 is 0 Å². The van der Waals surface area contributed by atoms with E-state index in [0.717, 1.165) is 19.3 Å². The molecule has 0 unspecified atom stereocenters. The predicted molar refractivity (Wildman–Crippen MR) is 29.7 cm³/mol. The van der Waals surface area contributed by atoms with Gasteiger partial charge in [0, 0.05) is 0 Å². The first kappa shape index (κ1) is 6.96. The van der Waals surface area contributed by atoms with E-state index in [1.54, 1.807) is 6.92 Å². The molecule has 0 aromatic carbocycles. The largest absolute Gasteiger partial charge is 0.233 e. The zero-order valence-electron chi connectivity index (χ0n) is 5.11. The van der Waals surface area contributed by atoms with Crippen LogP contribution < -0.4 is 0 Å². The lowest BCUT2D eigenvalue weighted by atomic mass is 10.2. The second-order valence-corrected chi connectivity index (χ2v) is 1.95. The molecule has 0 fully saturated rings. The Hall–Kier alpha value is -0.0400. The van der Waals surface area contributed by atoms with Gasteiger partial charge in [0.15, 0.2) is 0 Å². The summed E-state index contributed by atoms with van der Waals surface area (Å²) < 4.78 is 0. The Morgan fingerprint density at radius 2 is 2.14 bits per heavy atom. The van der Waals surface area contributed by atoms with Gasteiger partial charge in [-0.25, -0.2) is 5.11 Å². The Morgan fingerprint density at radius 3 is 2.29 bits per heavy atom. The van der Waals surface area contributed by atoms with E-state index in [0.29, 0.717) is 0 Å². The summed E-state index contributed by atoms with van der Waals surface area (Å²) in [6, 6.07) is 0. The van der Waals surface area contributed by atoms with E-state index in [-0.39, 0.29) is 6.10 Å². The molecule has 0 N–H and O–H groups in total. The second-order valence-electron chi connectivity index (χ2n) is 1.95. The first-order valence-corrected chi connectivity index (χ1v) is 2.93. The van der Waals surface area contributed by atoms with Crippen LogP contribution in [0.1, 0.15) is 33.1 Å². The van der Waals surface area contributed by atoms with Crippen molar-refractivity contribution in [3.63, 3.8) is 0 Å². The topological polar surface area (TPSA) is 19.9 Å². The maximum absolute atomic E-state index is 10.3. The molecular formula is C6H13O. The highest BCUT2D eigenvalue weighted by molar-refractivity contribution is 4.43. The molecule has 43 valence electrons. The lowest BCUT2D eigenvalue weighted by Crippen LogP contribution is -1.94. The Kier molecular flexibility index (Phi) is 4.10. The molecule has 1 radical (unpaired) electrons. The van der Waals surface area contributed by atoms with E-state index in [2.05, 4.69) is 6.92 Å². The minimum absolute atomic E-state index is 0.347. The molecule has 0 aromatic heterocycles. The summed E-state index contributed by atoms with van der Waals surface area (Å²) in [5.41, 5.74) is 0. The summed E-state index contributed by atoms with van der Waals surface area (Å²) in [6.07, 6.45) is 2.73. The third-order valence-corrected chi connectivity index (χ3v) is 0.964. The van der Waals surface area contributed by atoms with Crippen molar-refractivity contribution in [2.24, 2.45) is 0 Å². The van der Waals surface area contributed by atoms with E-state index in [4.69, 9.17) is 0 Å². The maximum atomic E-state index is 10.3. The van der Waals surface area contributed by atoms with Crippen molar-refractivity contribution in [1.82, 2.24) is 0 Å². The van der Waals surface area contributed by atoms with Gasteiger partial charge in [0.1, 0.15) is 0 Å². The van der Waals surface area contributed by atoms with Crippen LogP contribution in [-0.4, -0.2) is 6.10 Å². The van der Waals surface area contributed by atoms with Crippen molar-refractivity contribution in [1.29, 1.82) is 0 Å². The SMILES string of the molecule is CCCC[C@@H](C)[O]. The van der Waals surface area contributed by atoms with Gasteiger partial charge in [0.2, 0.25) is 0 Å². The molecule has 1 heteroatoms. The van der Waals surface area contributed by atoms with Crippen LogP contribution in [0.25, 0.3) is 0 Å². The minimum atomic E-state index is -0.347.